The van der Waals surface area contributed by atoms with Crippen molar-refractivity contribution in [2.24, 2.45) is 0 Å². The highest BCUT2D eigenvalue weighted by atomic mass is 32.2. The number of rotatable bonds is 8. The maximum Gasteiger partial charge on any atom is 0.251 e. The lowest BCUT2D eigenvalue weighted by atomic mass is 10.2. The average Bonchev–Trinajstić information content (AvgIpc) is 3.13. The Morgan fingerprint density at radius 1 is 1.36 bits per heavy atom. The van der Waals surface area contributed by atoms with Gasteiger partial charge in [-0.25, -0.2) is 8.42 Å². The highest BCUT2D eigenvalue weighted by molar-refractivity contribution is 7.89. The van der Waals surface area contributed by atoms with E-state index in [9.17, 15) is 13.2 Å². The summed E-state index contributed by atoms with van der Waals surface area (Å²) in [7, 11) is -2.32. The summed E-state index contributed by atoms with van der Waals surface area (Å²) in [4.78, 5) is 12.4. The Balaban J connectivity index is 2.25. The average molecular weight is 370 g/mol. The molecule has 1 atom stereocenters. The normalized spacial score (nSPS) is 17.7. The van der Waals surface area contributed by atoms with Crippen LogP contribution in [-0.4, -0.2) is 58.1 Å². The van der Waals surface area contributed by atoms with Crippen LogP contribution >= 0.6 is 0 Å². The summed E-state index contributed by atoms with van der Waals surface area (Å²) in [5.74, 6) is -0.100. The van der Waals surface area contributed by atoms with Crippen LogP contribution in [0.5, 0.6) is 5.75 Å². The molecule has 1 amide bonds. The van der Waals surface area contributed by atoms with Crippen molar-refractivity contribution in [3.05, 3.63) is 23.8 Å². The fourth-order valence-corrected chi connectivity index (χ4v) is 4.48. The number of nitrogens with one attached hydrogen (secondary N) is 1. The maximum absolute atomic E-state index is 12.8. The van der Waals surface area contributed by atoms with Gasteiger partial charge in [-0.15, -0.1) is 0 Å². The van der Waals surface area contributed by atoms with Gasteiger partial charge in [-0.2, -0.15) is 4.31 Å². The van der Waals surface area contributed by atoms with Crippen molar-refractivity contribution in [2.75, 3.05) is 33.4 Å². The number of carbonyl (C=O) groups is 1. The van der Waals surface area contributed by atoms with Gasteiger partial charge in [0.2, 0.25) is 10.0 Å². The second-order valence-electron chi connectivity index (χ2n) is 5.80. The number of benzene rings is 1. The number of nitrogens with zero attached hydrogens (tertiary/aromatic N) is 1. The lowest BCUT2D eigenvalue weighted by Crippen LogP contribution is -2.33. The van der Waals surface area contributed by atoms with Crippen LogP contribution < -0.4 is 10.1 Å². The molecule has 0 aromatic heterocycles. The highest BCUT2D eigenvalue weighted by Crippen LogP contribution is 2.28. The Labute approximate surface area is 149 Å². The quantitative estimate of drug-likeness (QED) is 0.752. The molecule has 1 aliphatic heterocycles. The molecule has 0 radical (unpaired) electrons. The minimum absolute atomic E-state index is 0.00321. The largest absolute Gasteiger partial charge is 0.495 e. The van der Waals surface area contributed by atoms with Crippen LogP contribution in [0.3, 0.4) is 0 Å². The van der Waals surface area contributed by atoms with Crippen LogP contribution in [0, 0.1) is 0 Å². The molecule has 1 saturated heterocycles. The van der Waals surface area contributed by atoms with Crippen molar-refractivity contribution in [2.45, 2.75) is 37.7 Å². The number of hydrogen-bond donors (Lipinski definition) is 1. The maximum atomic E-state index is 12.8. The molecule has 2 rings (SSSR count). The SMILES string of the molecule is CCN(CC)S(=O)(=O)c1cc(C(=O)NCC2CCCO2)ccc1OC. The third-order valence-corrected chi connectivity index (χ3v) is 6.33. The van der Waals surface area contributed by atoms with Gasteiger partial charge in [0, 0.05) is 31.8 Å². The highest BCUT2D eigenvalue weighted by Gasteiger charge is 2.27. The van der Waals surface area contributed by atoms with Crippen molar-refractivity contribution in [3.63, 3.8) is 0 Å². The van der Waals surface area contributed by atoms with Gasteiger partial charge in [0.25, 0.3) is 5.91 Å². The number of ether oxygens (including phenoxy) is 2. The van der Waals surface area contributed by atoms with Gasteiger partial charge < -0.3 is 14.8 Å². The fourth-order valence-electron chi connectivity index (χ4n) is 2.84. The van der Waals surface area contributed by atoms with Gasteiger partial charge in [0.15, 0.2) is 0 Å². The Morgan fingerprint density at radius 3 is 2.64 bits per heavy atom. The van der Waals surface area contributed by atoms with Gasteiger partial charge in [0.1, 0.15) is 10.6 Å². The van der Waals surface area contributed by atoms with E-state index in [2.05, 4.69) is 5.32 Å². The van der Waals surface area contributed by atoms with Crippen LogP contribution in [0.15, 0.2) is 23.1 Å². The molecule has 1 N–H and O–H groups in total. The Hall–Kier alpha value is -1.64. The lowest BCUT2D eigenvalue weighted by molar-refractivity contribution is 0.0857. The minimum Gasteiger partial charge on any atom is -0.495 e. The third-order valence-electron chi connectivity index (χ3n) is 4.26. The van der Waals surface area contributed by atoms with Crippen LogP contribution in [0.4, 0.5) is 0 Å². The predicted molar refractivity (Wildman–Crippen MR) is 94.4 cm³/mol. The molecular weight excluding hydrogens is 344 g/mol. The number of amides is 1. The molecule has 0 bridgehead atoms. The molecule has 0 spiro atoms. The van der Waals surface area contributed by atoms with Gasteiger partial charge in [-0.05, 0) is 31.0 Å². The molecule has 1 aromatic carbocycles. The number of carbonyl (C=O) groups excluding carboxylic acids is 1. The summed E-state index contributed by atoms with van der Waals surface area (Å²) < 4.78 is 37.6. The molecule has 140 valence electrons. The summed E-state index contributed by atoms with van der Waals surface area (Å²) in [6, 6.07) is 4.44. The van der Waals surface area contributed by atoms with E-state index in [1.165, 1.54) is 23.5 Å². The fraction of sp³-hybridized carbons (Fsp3) is 0.588. The molecule has 0 saturated carbocycles. The van der Waals surface area contributed by atoms with Gasteiger partial charge in [0.05, 0.1) is 13.2 Å². The van der Waals surface area contributed by atoms with Crippen molar-refractivity contribution in [1.82, 2.24) is 9.62 Å². The first-order valence-corrected chi connectivity index (χ1v) is 9.96. The zero-order valence-corrected chi connectivity index (χ0v) is 15.8. The minimum atomic E-state index is -3.73. The lowest BCUT2D eigenvalue weighted by Gasteiger charge is -2.20. The monoisotopic (exact) mass is 370 g/mol. The van der Waals surface area contributed by atoms with E-state index >= 15 is 0 Å². The van der Waals surface area contributed by atoms with E-state index in [1.807, 2.05) is 0 Å². The Kier molecular flexibility index (Phi) is 6.80. The Bertz CT molecular complexity index is 695. The predicted octanol–water partition coefficient (Wildman–Crippen LogP) is 1.63. The van der Waals surface area contributed by atoms with Crippen LogP contribution in [-0.2, 0) is 14.8 Å². The van der Waals surface area contributed by atoms with E-state index in [0.717, 1.165) is 19.4 Å². The molecule has 0 aliphatic carbocycles. The zero-order chi connectivity index (χ0) is 18.4. The first-order chi connectivity index (χ1) is 11.9. The van der Waals surface area contributed by atoms with Crippen molar-refractivity contribution in [3.8, 4) is 5.75 Å². The zero-order valence-electron chi connectivity index (χ0n) is 14.9. The number of methoxy groups -OCH3 is 1. The summed E-state index contributed by atoms with van der Waals surface area (Å²) in [6.45, 7) is 5.37. The first kappa shape index (κ1) is 19.7. The first-order valence-electron chi connectivity index (χ1n) is 8.52. The molecule has 1 fully saturated rings. The van der Waals surface area contributed by atoms with Crippen LogP contribution in [0.25, 0.3) is 0 Å². The molecule has 1 unspecified atom stereocenters. The van der Waals surface area contributed by atoms with E-state index in [0.29, 0.717) is 19.6 Å². The smallest absolute Gasteiger partial charge is 0.251 e. The van der Waals surface area contributed by atoms with Crippen LogP contribution in [0.2, 0.25) is 0 Å². The number of sulfonamides is 1. The van der Waals surface area contributed by atoms with E-state index < -0.39 is 10.0 Å². The molecule has 25 heavy (non-hydrogen) atoms. The van der Waals surface area contributed by atoms with Gasteiger partial charge >= 0.3 is 0 Å². The van der Waals surface area contributed by atoms with Gasteiger partial charge in [-0.1, -0.05) is 13.8 Å². The van der Waals surface area contributed by atoms with Crippen molar-refractivity contribution < 1.29 is 22.7 Å². The third kappa shape index (κ3) is 4.50. The van der Waals surface area contributed by atoms with Crippen LogP contribution in [0.1, 0.15) is 37.0 Å². The molecule has 1 aromatic rings. The van der Waals surface area contributed by atoms with Crippen molar-refractivity contribution in [1.29, 1.82) is 0 Å². The summed E-state index contributed by atoms with van der Waals surface area (Å²) in [5.41, 5.74) is 0.282. The van der Waals surface area contributed by atoms with E-state index in [4.69, 9.17) is 9.47 Å². The van der Waals surface area contributed by atoms with Crippen molar-refractivity contribution >= 4 is 15.9 Å². The molecule has 1 heterocycles. The standard InChI is InChI=1S/C17H26N2O5S/c1-4-19(5-2)25(21,22)16-11-13(8-9-15(16)23-3)17(20)18-12-14-7-6-10-24-14/h8-9,11,14H,4-7,10,12H2,1-3H3,(H,18,20). The summed E-state index contributed by atoms with van der Waals surface area (Å²) >= 11 is 0. The molecule has 8 heteroatoms. The molecule has 1 aliphatic rings. The van der Waals surface area contributed by atoms with E-state index in [-0.39, 0.29) is 28.2 Å². The number of hydrogen-bond acceptors (Lipinski definition) is 5. The van der Waals surface area contributed by atoms with Gasteiger partial charge in [-0.3, -0.25) is 4.79 Å². The second kappa shape index (κ2) is 8.64. The topological polar surface area (TPSA) is 84.9 Å². The Morgan fingerprint density at radius 2 is 2.08 bits per heavy atom. The van der Waals surface area contributed by atoms with E-state index in [1.54, 1.807) is 19.9 Å². The summed E-state index contributed by atoms with van der Waals surface area (Å²) in [6.07, 6.45) is 1.95. The second-order valence-corrected chi connectivity index (χ2v) is 7.71. The molecular formula is C17H26N2O5S. The summed E-state index contributed by atoms with van der Waals surface area (Å²) in [5, 5.41) is 2.80. The molecule has 7 nitrogen and oxygen atoms in total.